The van der Waals surface area contributed by atoms with E-state index in [1.807, 2.05) is 6.92 Å². The summed E-state index contributed by atoms with van der Waals surface area (Å²) in [7, 11) is 0. The average molecular weight is 359 g/mol. The number of carboxylic acids is 1. The van der Waals surface area contributed by atoms with Crippen LogP contribution >= 0.6 is 15.9 Å². The lowest BCUT2D eigenvalue weighted by Gasteiger charge is -2.12. The number of benzene rings is 1. The Kier molecular flexibility index (Phi) is 6.29. The Morgan fingerprint density at radius 1 is 1.48 bits per heavy atom. The third kappa shape index (κ3) is 5.14. The fourth-order valence-electron chi connectivity index (χ4n) is 1.67. The smallest absolute Gasteiger partial charge is 0.303 e. The number of nitrogens with zero attached hydrogens (tertiary/aromatic N) is 1. The molecule has 8 heteroatoms. The second kappa shape index (κ2) is 7.72. The Hall–Kier alpha value is -1.96. The summed E-state index contributed by atoms with van der Waals surface area (Å²) < 4.78 is 0.130. The van der Waals surface area contributed by atoms with Gasteiger partial charge in [-0.05, 0) is 34.3 Å². The van der Waals surface area contributed by atoms with E-state index in [-0.39, 0.29) is 28.1 Å². The number of carbonyl (C=O) groups excluding carboxylic acids is 1. The second-order valence-corrected chi connectivity index (χ2v) is 5.44. The minimum atomic E-state index is -0.880. The number of carboxylic acid groups (broad SMARTS) is 1. The van der Waals surface area contributed by atoms with Gasteiger partial charge < -0.3 is 10.4 Å². The van der Waals surface area contributed by atoms with Gasteiger partial charge in [-0.3, -0.25) is 19.7 Å². The maximum Gasteiger partial charge on any atom is 0.303 e. The lowest BCUT2D eigenvalue weighted by Crippen LogP contribution is -2.28. The molecule has 114 valence electrons. The number of halogens is 1. The summed E-state index contributed by atoms with van der Waals surface area (Å²) in [4.78, 5) is 32.7. The van der Waals surface area contributed by atoms with E-state index in [1.165, 1.54) is 18.2 Å². The summed E-state index contributed by atoms with van der Waals surface area (Å²) in [6.45, 7) is 2.13. The van der Waals surface area contributed by atoms with Gasteiger partial charge in [0.2, 0.25) is 0 Å². The van der Waals surface area contributed by atoms with E-state index in [0.717, 1.165) is 0 Å². The fourth-order valence-corrected chi connectivity index (χ4v) is 2.26. The number of amides is 1. The Bertz CT molecular complexity index is 561. The molecule has 1 unspecified atom stereocenters. The highest BCUT2D eigenvalue weighted by Crippen LogP contribution is 2.28. The molecule has 0 radical (unpaired) electrons. The zero-order valence-corrected chi connectivity index (χ0v) is 12.9. The summed E-state index contributed by atoms with van der Waals surface area (Å²) in [5, 5.41) is 22.0. The SMILES string of the molecule is CC(CCC(=O)O)CNC(=O)c1cccc([N+](=O)[O-])c1Br. The highest BCUT2D eigenvalue weighted by Gasteiger charge is 2.19. The van der Waals surface area contributed by atoms with Crippen molar-refractivity contribution in [2.45, 2.75) is 19.8 Å². The van der Waals surface area contributed by atoms with Gasteiger partial charge in [0.15, 0.2) is 0 Å². The fraction of sp³-hybridized carbons (Fsp3) is 0.385. The van der Waals surface area contributed by atoms with Crippen LogP contribution in [0.25, 0.3) is 0 Å². The van der Waals surface area contributed by atoms with Gasteiger partial charge in [0.25, 0.3) is 11.6 Å². The number of nitro benzene ring substituents is 1. The van der Waals surface area contributed by atoms with Crippen LogP contribution in [0.4, 0.5) is 5.69 Å². The number of carbonyl (C=O) groups is 2. The van der Waals surface area contributed by atoms with Crippen LogP contribution < -0.4 is 5.32 Å². The van der Waals surface area contributed by atoms with E-state index in [9.17, 15) is 19.7 Å². The van der Waals surface area contributed by atoms with Crippen LogP contribution in [0.15, 0.2) is 22.7 Å². The molecule has 1 aromatic rings. The van der Waals surface area contributed by atoms with Gasteiger partial charge in [-0.2, -0.15) is 0 Å². The van der Waals surface area contributed by atoms with Gasteiger partial charge >= 0.3 is 5.97 Å². The number of aliphatic carboxylic acids is 1. The first-order valence-electron chi connectivity index (χ1n) is 6.25. The summed E-state index contributed by atoms with van der Waals surface area (Å²) >= 11 is 3.06. The number of nitro groups is 1. The number of hydrogen-bond acceptors (Lipinski definition) is 4. The van der Waals surface area contributed by atoms with Crippen LogP contribution in [-0.4, -0.2) is 28.5 Å². The Labute approximate surface area is 129 Å². The summed E-state index contributed by atoms with van der Waals surface area (Å²) in [5.41, 5.74) is -0.00351. The molecular weight excluding hydrogens is 344 g/mol. The molecule has 0 aliphatic rings. The maximum absolute atomic E-state index is 12.0. The molecule has 0 fully saturated rings. The third-order valence-corrected chi connectivity index (χ3v) is 3.72. The van der Waals surface area contributed by atoms with Gasteiger partial charge in [-0.15, -0.1) is 0 Å². The number of rotatable bonds is 7. The molecule has 0 aliphatic heterocycles. The minimum absolute atomic E-state index is 0.00234. The summed E-state index contributed by atoms with van der Waals surface area (Å²) in [6.07, 6.45) is 0.489. The molecule has 0 heterocycles. The van der Waals surface area contributed by atoms with Crippen LogP contribution in [0.3, 0.4) is 0 Å². The quantitative estimate of drug-likeness (QED) is 0.574. The van der Waals surface area contributed by atoms with Crippen molar-refractivity contribution in [1.82, 2.24) is 5.32 Å². The predicted molar refractivity (Wildman–Crippen MR) is 79.2 cm³/mol. The average Bonchev–Trinajstić information content (AvgIpc) is 2.42. The molecule has 0 aromatic heterocycles. The van der Waals surface area contributed by atoms with Crippen LogP contribution in [0.5, 0.6) is 0 Å². The highest BCUT2D eigenvalue weighted by molar-refractivity contribution is 9.10. The monoisotopic (exact) mass is 358 g/mol. The second-order valence-electron chi connectivity index (χ2n) is 4.64. The zero-order chi connectivity index (χ0) is 16.0. The first-order chi connectivity index (χ1) is 9.82. The van der Waals surface area contributed by atoms with Crippen molar-refractivity contribution in [2.75, 3.05) is 6.54 Å². The zero-order valence-electron chi connectivity index (χ0n) is 11.3. The van der Waals surface area contributed by atoms with Crippen LogP contribution in [0.2, 0.25) is 0 Å². The molecule has 0 saturated heterocycles. The minimum Gasteiger partial charge on any atom is -0.481 e. The van der Waals surface area contributed by atoms with Crippen molar-refractivity contribution >= 4 is 33.5 Å². The molecule has 1 atom stereocenters. The van der Waals surface area contributed by atoms with Crippen LogP contribution in [0.1, 0.15) is 30.1 Å². The van der Waals surface area contributed by atoms with E-state index < -0.39 is 16.8 Å². The summed E-state index contributed by atoms with van der Waals surface area (Å²) in [6, 6.07) is 4.22. The predicted octanol–water partition coefficient (Wildman–Crippen LogP) is 2.59. The molecule has 0 spiro atoms. The number of nitrogens with one attached hydrogen (secondary N) is 1. The molecule has 1 aromatic carbocycles. The molecule has 2 N–H and O–H groups in total. The molecular formula is C13H15BrN2O5. The molecule has 1 amide bonds. The largest absolute Gasteiger partial charge is 0.481 e. The molecule has 1 rings (SSSR count). The van der Waals surface area contributed by atoms with E-state index in [2.05, 4.69) is 21.2 Å². The van der Waals surface area contributed by atoms with Crippen LogP contribution in [-0.2, 0) is 4.79 Å². The lowest BCUT2D eigenvalue weighted by molar-refractivity contribution is -0.385. The normalized spacial score (nSPS) is 11.7. The van der Waals surface area contributed by atoms with Gasteiger partial charge in [0.05, 0.1) is 10.5 Å². The van der Waals surface area contributed by atoms with Crippen molar-refractivity contribution in [3.63, 3.8) is 0 Å². The maximum atomic E-state index is 12.0. The topological polar surface area (TPSA) is 110 Å². The van der Waals surface area contributed by atoms with Gasteiger partial charge in [0, 0.05) is 19.0 Å². The highest BCUT2D eigenvalue weighted by atomic mass is 79.9. The van der Waals surface area contributed by atoms with E-state index in [0.29, 0.717) is 13.0 Å². The van der Waals surface area contributed by atoms with Crippen molar-refractivity contribution in [3.8, 4) is 0 Å². The van der Waals surface area contributed by atoms with Crippen molar-refractivity contribution in [1.29, 1.82) is 0 Å². The molecule has 0 aliphatic carbocycles. The van der Waals surface area contributed by atoms with Crippen molar-refractivity contribution in [3.05, 3.63) is 38.3 Å². The third-order valence-electron chi connectivity index (χ3n) is 2.88. The Morgan fingerprint density at radius 3 is 2.71 bits per heavy atom. The first-order valence-corrected chi connectivity index (χ1v) is 7.05. The number of hydrogen-bond donors (Lipinski definition) is 2. The van der Waals surface area contributed by atoms with Crippen molar-refractivity contribution in [2.24, 2.45) is 5.92 Å². The first kappa shape index (κ1) is 17.1. The van der Waals surface area contributed by atoms with E-state index in [1.54, 1.807) is 0 Å². The molecule has 0 saturated carbocycles. The Balaban J connectivity index is 2.66. The molecule has 21 heavy (non-hydrogen) atoms. The van der Waals surface area contributed by atoms with Crippen LogP contribution in [0, 0.1) is 16.0 Å². The van der Waals surface area contributed by atoms with Gasteiger partial charge in [-0.1, -0.05) is 13.0 Å². The van der Waals surface area contributed by atoms with E-state index in [4.69, 9.17) is 5.11 Å². The van der Waals surface area contributed by atoms with E-state index >= 15 is 0 Å². The lowest BCUT2D eigenvalue weighted by atomic mass is 10.1. The molecule has 0 bridgehead atoms. The van der Waals surface area contributed by atoms with Gasteiger partial charge in [-0.25, -0.2) is 0 Å². The standard InChI is InChI=1S/C13H15BrN2O5/c1-8(5-6-11(17)18)7-15-13(19)9-3-2-4-10(12(9)14)16(20)21/h2-4,8H,5-7H2,1H3,(H,15,19)(H,17,18). The molecule has 7 nitrogen and oxygen atoms in total. The van der Waals surface area contributed by atoms with Crippen molar-refractivity contribution < 1.29 is 19.6 Å². The van der Waals surface area contributed by atoms with Gasteiger partial charge in [0.1, 0.15) is 4.47 Å². The Morgan fingerprint density at radius 2 is 2.14 bits per heavy atom. The summed E-state index contributed by atoms with van der Waals surface area (Å²) in [5.74, 6) is -1.31.